The van der Waals surface area contributed by atoms with Crippen molar-refractivity contribution < 1.29 is 4.74 Å². The van der Waals surface area contributed by atoms with Crippen LogP contribution in [0.15, 0.2) is 0 Å². The zero-order chi connectivity index (χ0) is 13.2. The van der Waals surface area contributed by atoms with Gasteiger partial charge in [-0.3, -0.25) is 0 Å². The first-order valence-corrected chi connectivity index (χ1v) is 7.78. The van der Waals surface area contributed by atoms with Crippen LogP contribution in [-0.4, -0.2) is 50.3 Å². The molecular weight excluding hydrogens is 224 g/mol. The fourth-order valence-corrected chi connectivity index (χ4v) is 2.73. The molecule has 0 amide bonds. The molecule has 1 N–H and O–H groups in total. The normalized spacial score (nSPS) is 24.0. The summed E-state index contributed by atoms with van der Waals surface area (Å²) in [6, 6.07) is 0.649. The van der Waals surface area contributed by atoms with Crippen molar-refractivity contribution in [3.63, 3.8) is 0 Å². The molecule has 0 radical (unpaired) electrons. The molecule has 3 nitrogen and oxygen atoms in total. The van der Waals surface area contributed by atoms with E-state index < -0.39 is 0 Å². The van der Waals surface area contributed by atoms with Crippen molar-refractivity contribution in [2.24, 2.45) is 0 Å². The second kappa shape index (κ2) is 9.76. The Morgan fingerprint density at radius 3 is 2.61 bits per heavy atom. The maximum Gasteiger partial charge on any atom is 0.0702 e. The molecule has 0 saturated carbocycles. The Morgan fingerprint density at radius 2 is 1.94 bits per heavy atom. The third kappa shape index (κ3) is 6.17. The minimum Gasteiger partial charge on any atom is -0.377 e. The van der Waals surface area contributed by atoms with Gasteiger partial charge in [0.25, 0.3) is 0 Å². The van der Waals surface area contributed by atoms with Crippen LogP contribution in [0.4, 0.5) is 0 Å². The number of rotatable bonds is 10. The molecule has 0 aliphatic carbocycles. The van der Waals surface area contributed by atoms with Gasteiger partial charge in [-0.2, -0.15) is 0 Å². The van der Waals surface area contributed by atoms with E-state index >= 15 is 0 Å². The van der Waals surface area contributed by atoms with Crippen LogP contribution in [0.5, 0.6) is 0 Å². The lowest BCUT2D eigenvalue weighted by atomic mass is 10.1. The highest BCUT2D eigenvalue weighted by Gasteiger charge is 2.27. The molecule has 1 saturated heterocycles. The van der Waals surface area contributed by atoms with Crippen LogP contribution in [0, 0.1) is 0 Å². The zero-order valence-corrected chi connectivity index (χ0v) is 12.6. The maximum absolute atomic E-state index is 5.62. The van der Waals surface area contributed by atoms with E-state index in [1.807, 2.05) is 0 Å². The van der Waals surface area contributed by atoms with Gasteiger partial charge in [-0.1, -0.05) is 19.8 Å². The van der Waals surface area contributed by atoms with Crippen molar-refractivity contribution in [1.29, 1.82) is 0 Å². The summed E-state index contributed by atoms with van der Waals surface area (Å²) in [5.41, 5.74) is 0. The van der Waals surface area contributed by atoms with Crippen molar-refractivity contribution >= 4 is 0 Å². The molecule has 0 aromatic heterocycles. The lowest BCUT2D eigenvalue weighted by molar-refractivity contribution is 0.0831. The average molecular weight is 256 g/mol. The van der Waals surface area contributed by atoms with Crippen LogP contribution >= 0.6 is 0 Å². The SMILES string of the molecule is CCCNCCCCCCN(C)C1CCOC1C. The van der Waals surface area contributed by atoms with Gasteiger partial charge in [0.1, 0.15) is 0 Å². The van der Waals surface area contributed by atoms with Crippen LogP contribution in [-0.2, 0) is 4.74 Å². The van der Waals surface area contributed by atoms with Crippen molar-refractivity contribution in [1.82, 2.24) is 10.2 Å². The van der Waals surface area contributed by atoms with E-state index in [2.05, 4.69) is 31.1 Å². The van der Waals surface area contributed by atoms with Crippen molar-refractivity contribution in [2.45, 2.75) is 64.5 Å². The number of likely N-dealkylation sites (N-methyl/N-ethyl adjacent to an activating group) is 1. The molecule has 0 aromatic carbocycles. The number of hydrogen-bond donors (Lipinski definition) is 1. The van der Waals surface area contributed by atoms with E-state index in [1.54, 1.807) is 0 Å². The molecule has 18 heavy (non-hydrogen) atoms. The third-order valence-corrected chi connectivity index (χ3v) is 3.94. The van der Waals surface area contributed by atoms with Crippen LogP contribution in [0.1, 0.15) is 52.4 Å². The summed E-state index contributed by atoms with van der Waals surface area (Å²) in [6.07, 6.45) is 8.25. The lowest BCUT2D eigenvalue weighted by Gasteiger charge is -2.26. The van der Waals surface area contributed by atoms with Gasteiger partial charge in [0.2, 0.25) is 0 Å². The van der Waals surface area contributed by atoms with Gasteiger partial charge in [0.05, 0.1) is 6.10 Å². The van der Waals surface area contributed by atoms with Gasteiger partial charge in [0.15, 0.2) is 0 Å². The summed E-state index contributed by atoms with van der Waals surface area (Å²) in [5.74, 6) is 0. The predicted molar refractivity (Wildman–Crippen MR) is 78.1 cm³/mol. The zero-order valence-electron chi connectivity index (χ0n) is 12.6. The number of nitrogens with zero attached hydrogens (tertiary/aromatic N) is 1. The Hall–Kier alpha value is -0.120. The van der Waals surface area contributed by atoms with E-state index in [9.17, 15) is 0 Å². The van der Waals surface area contributed by atoms with E-state index in [0.29, 0.717) is 12.1 Å². The molecule has 0 aromatic rings. The highest BCUT2D eigenvalue weighted by molar-refractivity contribution is 4.80. The highest BCUT2D eigenvalue weighted by atomic mass is 16.5. The highest BCUT2D eigenvalue weighted by Crippen LogP contribution is 2.18. The van der Waals surface area contributed by atoms with E-state index in [0.717, 1.165) is 6.61 Å². The number of hydrogen-bond acceptors (Lipinski definition) is 3. The lowest BCUT2D eigenvalue weighted by Crippen LogP contribution is -2.37. The molecule has 1 rings (SSSR count). The standard InChI is InChI=1S/C15H32N2O/c1-4-10-16-11-7-5-6-8-12-17(3)15-9-13-18-14(15)2/h14-16H,4-13H2,1-3H3. The van der Waals surface area contributed by atoms with Crippen LogP contribution in [0.3, 0.4) is 0 Å². The summed E-state index contributed by atoms with van der Waals surface area (Å²) < 4.78 is 5.62. The Labute approximate surface area is 113 Å². The summed E-state index contributed by atoms with van der Waals surface area (Å²) in [5, 5.41) is 3.46. The molecule has 1 heterocycles. The van der Waals surface area contributed by atoms with Gasteiger partial charge < -0.3 is 15.0 Å². The largest absolute Gasteiger partial charge is 0.377 e. The molecule has 0 bridgehead atoms. The van der Waals surface area contributed by atoms with Gasteiger partial charge in [0, 0.05) is 12.6 Å². The first-order chi connectivity index (χ1) is 8.75. The molecule has 1 aliphatic rings. The van der Waals surface area contributed by atoms with Gasteiger partial charge >= 0.3 is 0 Å². The van der Waals surface area contributed by atoms with E-state index in [-0.39, 0.29) is 0 Å². The summed E-state index contributed by atoms with van der Waals surface area (Å²) in [7, 11) is 2.25. The van der Waals surface area contributed by atoms with E-state index in [1.165, 1.54) is 58.2 Å². The first kappa shape index (κ1) is 15.9. The molecular formula is C15H32N2O. The topological polar surface area (TPSA) is 24.5 Å². The van der Waals surface area contributed by atoms with Crippen LogP contribution in [0.25, 0.3) is 0 Å². The molecule has 1 aliphatic heterocycles. The smallest absolute Gasteiger partial charge is 0.0702 e. The average Bonchev–Trinajstić information content (AvgIpc) is 2.79. The predicted octanol–water partition coefficient (Wildman–Crippen LogP) is 2.66. The Bertz CT molecular complexity index is 199. The molecule has 1 fully saturated rings. The summed E-state index contributed by atoms with van der Waals surface area (Å²) in [4.78, 5) is 2.49. The quantitative estimate of drug-likeness (QED) is 0.608. The summed E-state index contributed by atoms with van der Waals surface area (Å²) >= 11 is 0. The van der Waals surface area contributed by atoms with Gasteiger partial charge in [-0.15, -0.1) is 0 Å². The van der Waals surface area contributed by atoms with E-state index in [4.69, 9.17) is 4.74 Å². The minimum absolute atomic E-state index is 0.424. The maximum atomic E-state index is 5.62. The Balaban J connectivity index is 1.91. The molecule has 108 valence electrons. The van der Waals surface area contributed by atoms with Crippen molar-refractivity contribution in [2.75, 3.05) is 33.3 Å². The molecule has 3 heteroatoms. The third-order valence-electron chi connectivity index (χ3n) is 3.94. The van der Waals surface area contributed by atoms with Crippen LogP contribution < -0.4 is 5.32 Å². The minimum atomic E-state index is 0.424. The molecule has 2 atom stereocenters. The van der Waals surface area contributed by atoms with Crippen molar-refractivity contribution in [3.05, 3.63) is 0 Å². The number of ether oxygens (including phenoxy) is 1. The van der Waals surface area contributed by atoms with Crippen molar-refractivity contribution in [3.8, 4) is 0 Å². The monoisotopic (exact) mass is 256 g/mol. The number of nitrogens with one attached hydrogen (secondary N) is 1. The van der Waals surface area contributed by atoms with Gasteiger partial charge in [-0.05, 0) is 59.3 Å². The number of unbranched alkanes of at least 4 members (excludes halogenated alkanes) is 3. The fraction of sp³-hybridized carbons (Fsp3) is 1.00. The van der Waals surface area contributed by atoms with Gasteiger partial charge in [-0.25, -0.2) is 0 Å². The second-order valence-corrected chi connectivity index (χ2v) is 5.58. The second-order valence-electron chi connectivity index (χ2n) is 5.58. The fourth-order valence-electron chi connectivity index (χ4n) is 2.73. The first-order valence-electron chi connectivity index (χ1n) is 7.78. The molecule has 2 unspecified atom stereocenters. The van der Waals surface area contributed by atoms with Crippen LogP contribution in [0.2, 0.25) is 0 Å². The Morgan fingerprint density at radius 1 is 1.17 bits per heavy atom. The Kier molecular flexibility index (Phi) is 8.64. The molecule has 0 spiro atoms. The summed E-state index contributed by atoms with van der Waals surface area (Å²) in [6.45, 7) is 8.95.